The Morgan fingerprint density at radius 2 is 1.46 bits per heavy atom. The summed E-state index contributed by atoms with van der Waals surface area (Å²) in [7, 11) is 3.75. The van der Waals surface area contributed by atoms with Gasteiger partial charge in [0.1, 0.15) is 0 Å². The van der Waals surface area contributed by atoms with Gasteiger partial charge in [-0.1, -0.05) is 95.8 Å². The van der Waals surface area contributed by atoms with E-state index in [1.807, 2.05) is 41.8 Å². The second-order valence-electron chi connectivity index (χ2n) is 10.3. The van der Waals surface area contributed by atoms with Crippen LogP contribution in [0.15, 0.2) is 102 Å². The molecule has 0 fully saturated rings. The van der Waals surface area contributed by atoms with E-state index in [-0.39, 0.29) is 5.41 Å². The highest BCUT2D eigenvalue weighted by atomic mass is 15.2. The van der Waals surface area contributed by atoms with Gasteiger partial charge in [0.05, 0.1) is 17.1 Å². The number of nitrogens with zero attached hydrogens (tertiary/aromatic N) is 2. The van der Waals surface area contributed by atoms with E-state index in [4.69, 9.17) is 4.99 Å². The number of aryl methyl sites for hydroxylation is 1. The molecule has 1 N–H and O–H groups in total. The van der Waals surface area contributed by atoms with Crippen LogP contribution in [0.25, 0.3) is 0 Å². The van der Waals surface area contributed by atoms with Gasteiger partial charge in [-0.25, -0.2) is 0 Å². The van der Waals surface area contributed by atoms with Gasteiger partial charge in [0.15, 0.2) is 0 Å². The van der Waals surface area contributed by atoms with E-state index >= 15 is 0 Å². The van der Waals surface area contributed by atoms with Crippen molar-refractivity contribution in [2.24, 2.45) is 4.99 Å². The molecule has 0 aliphatic carbocycles. The maximum atomic E-state index is 5.03. The van der Waals surface area contributed by atoms with Gasteiger partial charge in [-0.15, -0.1) is 13.2 Å². The molecule has 2 aromatic carbocycles. The van der Waals surface area contributed by atoms with Crippen molar-refractivity contribution in [1.29, 1.82) is 0 Å². The molecule has 0 aromatic heterocycles. The molecular weight excluding hydrogens is 474 g/mol. The minimum Gasteiger partial charge on any atom is -0.340 e. The molecule has 2 aliphatic heterocycles. The highest BCUT2D eigenvalue weighted by Gasteiger charge is 2.25. The maximum absolute atomic E-state index is 5.03. The highest BCUT2D eigenvalue weighted by molar-refractivity contribution is 6.04. The van der Waals surface area contributed by atoms with Crippen LogP contribution in [0.2, 0.25) is 0 Å². The summed E-state index contributed by atoms with van der Waals surface area (Å²) in [6.45, 7) is 28.9. The number of aliphatic imine (C=N–C) groups is 1. The summed E-state index contributed by atoms with van der Waals surface area (Å²) < 4.78 is 0. The van der Waals surface area contributed by atoms with Crippen LogP contribution in [0.3, 0.4) is 0 Å². The second-order valence-corrected chi connectivity index (χ2v) is 10.3. The first-order chi connectivity index (χ1) is 18.6. The van der Waals surface area contributed by atoms with E-state index in [0.717, 1.165) is 42.9 Å². The van der Waals surface area contributed by atoms with Gasteiger partial charge in [0.2, 0.25) is 0 Å². The number of nitrogens with one attached hydrogen (secondary N) is 1. The van der Waals surface area contributed by atoms with Crippen molar-refractivity contribution in [3.05, 3.63) is 114 Å². The van der Waals surface area contributed by atoms with Crippen LogP contribution in [0.1, 0.15) is 84.9 Å². The third kappa shape index (κ3) is 11.2. The number of fused-ring (bicyclic) bond motifs is 1. The Balaban J connectivity index is 0.00000114. The molecule has 4 rings (SSSR count). The zero-order chi connectivity index (χ0) is 30.0. The quantitative estimate of drug-likeness (QED) is 0.401. The van der Waals surface area contributed by atoms with Crippen LogP contribution in [0, 0.1) is 0 Å². The lowest BCUT2D eigenvalue weighted by Gasteiger charge is -2.32. The van der Waals surface area contributed by atoms with Crippen LogP contribution in [-0.4, -0.2) is 26.4 Å². The van der Waals surface area contributed by atoms with Gasteiger partial charge < -0.3 is 10.2 Å². The fourth-order valence-corrected chi connectivity index (χ4v) is 4.19. The van der Waals surface area contributed by atoms with E-state index in [9.17, 15) is 0 Å². The summed E-state index contributed by atoms with van der Waals surface area (Å²) in [6, 6.07) is 17.6. The third-order valence-corrected chi connectivity index (χ3v) is 5.88. The smallest absolute Gasteiger partial charge is 0.0857 e. The van der Waals surface area contributed by atoms with Crippen molar-refractivity contribution in [2.75, 3.05) is 25.5 Å². The Labute approximate surface area is 241 Å². The molecule has 0 atom stereocenters. The minimum atomic E-state index is 0.172. The van der Waals surface area contributed by atoms with Crippen molar-refractivity contribution in [3.8, 4) is 0 Å². The van der Waals surface area contributed by atoms with Gasteiger partial charge >= 0.3 is 0 Å². The number of allylic oxidation sites excluding steroid dienone is 3. The first-order valence-electron chi connectivity index (χ1n) is 14.2. The molecule has 0 saturated heterocycles. The maximum Gasteiger partial charge on any atom is 0.0857 e. The van der Waals surface area contributed by atoms with E-state index in [2.05, 4.69) is 106 Å². The number of rotatable bonds is 3. The lowest BCUT2D eigenvalue weighted by Crippen LogP contribution is -2.28. The molecule has 3 nitrogen and oxygen atoms in total. The number of hydrogen-bond acceptors (Lipinski definition) is 3. The molecule has 2 aliphatic rings. The van der Waals surface area contributed by atoms with Crippen LogP contribution >= 0.6 is 0 Å². The fourth-order valence-electron chi connectivity index (χ4n) is 4.19. The molecule has 2 aromatic rings. The van der Waals surface area contributed by atoms with E-state index in [0.29, 0.717) is 0 Å². The van der Waals surface area contributed by atoms with Crippen molar-refractivity contribution in [3.63, 3.8) is 0 Å². The van der Waals surface area contributed by atoms with Gasteiger partial charge in [-0.05, 0) is 81.5 Å². The highest BCUT2D eigenvalue weighted by Crippen LogP contribution is 2.36. The second kappa shape index (κ2) is 19.0. The molecule has 214 valence electrons. The zero-order valence-corrected chi connectivity index (χ0v) is 26.6. The average Bonchev–Trinajstić information content (AvgIpc) is 3.31. The predicted molar refractivity (Wildman–Crippen MR) is 178 cm³/mol. The lowest BCUT2D eigenvalue weighted by molar-refractivity contribution is 0.590. The van der Waals surface area contributed by atoms with Gasteiger partial charge in [0, 0.05) is 18.7 Å². The number of hydrogen-bond donors (Lipinski definition) is 1. The Morgan fingerprint density at radius 1 is 0.949 bits per heavy atom. The molecule has 0 radical (unpaired) electrons. The Kier molecular flexibility index (Phi) is 17.4. The SMILES string of the molecule is C=C(C1=C(C)CC(c2ccc(C(C)(C)C)cc2)=N1)N1CCCc2ccccc21.C=CC.C=CC.CC.CNC. The fraction of sp³-hybridized carbons (Fsp3) is 0.417. The average molecular weight is 530 g/mol. The Bertz CT molecular complexity index is 1070. The van der Waals surface area contributed by atoms with Gasteiger partial charge in [0.25, 0.3) is 0 Å². The summed E-state index contributed by atoms with van der Waals surface area (Å²) in [5.41, 5.74) is 10.00. The molecule has 0 bridgehead atoms. The molecular formula is C36H55N3. The van der Waals surface area contributed by atoms with Gasteiger partial charge in [-0.3, -0.25) is 4.99 Å². The number of anilines is 1. The molecule has 0 unspecified atom stereocenters. The van der Waals surface area contributed by atoms with Crippen molar-refractivity contribution in [1.82, 2.24) is 5.32 Å². The molecule has 0 spiro atoms. The van der Waals surface area contributed by atoms with Crippen LogP contribution in [-0.2, 0) is 11.8 Å². The van der Waals surface area contributed by atoms with Crippen molar-refractivity contribution in [2.45, 2.75) is 80.1 Å². The van der Waals surface area contributed by atoms with Gasteiger partial charge in [-0.2, -0.15) is 0 Å². The number of benzene rings is 2. The minimum absolute atomic E-state index is 0.172. The molecule has 39 heavy (non-hydrogen) atoms. The van der Waals surface area contributed by atoms with Crippen molar-refractivity contribution < 1.29 is 0 Å². The molecule has 0 amide bonds. The Hall–Kier alpha value is -3.17. The molecule has 2 heterocycles. The van der Waals surface area contributed by atoms with E-state index in [1.54, 1.807) is 12.2 Å². The summed E-state index contributed by atoms with van der Waals surface area (Å²) in [5.74, 6) is 0. The predicted octanol–water partition coefficient (Wildman–Crippen LogP) is 9.66. The number of para-hydroxylation sites is 1. The Morgan fingerprint density at radius 3 is 1.97 bits per heavy atom. The third-order valence-electron chi connectivity index (χ3n) is 5.88. The normalized spacial score (nSPS) is 13.4. The molecule has 3 heteroatoms. The first kappa shape index (κ1) is 35.8. The van der Waals surface area contributed by atoms with Crippen LogP contribution < -0.4 is 10.2 Å². The van der Waals surface area contributed by atoms with Crippen LogP contribution in [0.4, 0.5) is 5.69 Å². The largest absolute Gasteiger partial charge is 0.340 e. The standard InChI is InChI=1S/C26H30N2.2C3H6.C2H7N.C2H6/c1-18-17-23(20-12-14-22(15-13-20)26(3,4)5)27-25(18)19(2)28-16-8-10-21-9-6-7-11-24(21)28;3*1-3-2;1-2/h6-7,9,11-15H,2,8,10,16-17H2,1,3-5H3;2*3H,1H2,2H3;3H,1-2H3;1-2H3. The van der Waals surface area contributed by atoms with E-state index < -0.39 is 0 Å². The first-order valence-corrected chi connectivity index (χ1v) is 14.2. The lowest BCUT2D eigenvalue weighted by atomic mass is 9.86. The van der Waals surface area contributed by atoms with Crippen LogP contribution in [0.5, 0.6) is 0 Å². The summed E-state index contributed by atoms with van der Waals surface area (Å²) in [4.78, 5) is 7.39. The van der Waals surface area contributed by atoms with Crippen molar-refractivity contribution >= 4 is 11.4 Å². The summed E-state index contributed by atoms with van der Waals surface area (Å²) in [6.07, 6.45) is 6.71. The monoisotopic (exact) mass is 529 g/mol. The zero-order valence-electron chi connectivity index (χ0n) is 26.6. The topological polar surface area (TPSA) is 27.6 Å². The summed E-state index contributed by atoms with van der Waals surface area (Å²) in [5, 5.41) is 2.75. The summed E-state index contributed by atoms with van der Waals surface area (Å²) >= 11 is 0. The molecule has 0 saturated carbocycles. The van der Waals surface area contributed by atoms with E-state index in [1.165, 1.54) is 28.0 Å².